The normalized spacial score (nSPS) is 39.9. The van der Waals surface area contributed by atoms with Gasteiger partial charge in [-0.25, -0.2) is 0 Å². The van der Waals surface area contributed by atoms with Crippen molar-refractivity contribution in [3.63, 3.8) is 0 Å². The van der Waals surface area contributed by atoms with Crippen LogP contribution in [0.4, 0.5) is 0 Å². The maximum absolute atomic E-state index is 3.86. The van der Waals surface area contributed by atoms with Gasteiger partial charge in [0, 0.05) is 25.7 Å². The number of nitrogens with one attached hydrogen (secondary N) is 1. The van der Waals surface area contributed by atoms with E-state index < -0.39 is 0 Å². The standard InChI is InChI=1S/C18H34N2/c1-15-7-9-18(10-8-15,13-19-17-5-6-17)14-20-11-3-4-16(2)12-20/h15-17,19H,3-14H2,1-2H3. The largest absolute Gasteiger partial charge is 0.313 e. The lowest BCUT2D eigenvalue weighted by Crippen LogP contribution is -2.48. The maximum Gasteiger partial charge on any atom is 0.00684 e. The van der Waals surface area contributed by atoms with Crippen molar-refractivity contribution >= 4 is 0 Å². The van der Waals surface area contributed by atoms with Gasteiger partial charge in [0.05, 0.1) is 0 Å². The van der Waals surface area contributed by atoms with Crippen LogP contribution in [0.1, 0.15) is 65.2 Å². The Morgan fingerprint density at radius 3 is 2.40 bits per heavy atom. The van der Waals surface area contributed by atoms with Crippen molar-refractivity contribution in [1.29, 1.82) is 0 Å². The summed E-state index contributed by atoms with van der Waals surface area (Å²) >= 11 is 0. The topological polar surface area (TPSA) is 15.3 Å². The van der Waals surface area contributed by atoms with Gasteiger partial charge in [-0.3, -0.25) is 0 Å². The zero-order chi connectivity index (χ0) is 14.0. The van der Waals surface area contributed by atoms with Gasteiger partial charge in [-0.15, -0.1) is 0 Å². The van der Waals surface area contributed by atoms with Crippen LogP contribution in [0.2, 0.25) is 0 Å². The third-order valence-electron chi connectivity index (χ3n) is 5.98. The van der Waals surface area contributed by atoms with Crippen LogP contribution in [-0.4, -0.2) is 37.1 Å². The average Bonchev–Trinajstić information content (AvgIpc) is 3.24. The van der Waals surface area contributed by atoms with E-state index in [1.54, 1.807) is 0 Å². The minimum Gasteiger partial charge on any atom is -0.313 e. The van der Waals surface area contributed by atoms with Gasteiger partial charge >= 0.3 is 0 Å². The highest BCUT2D eigenvalue weighted by Gasteiger charge is 2.37. The van der Waals surface area contributed by atoms with Gasteiger partial charge in [0.25, 0.3) is 0 Å². The molecule has 1 heterocycles. The summed E-state index contributed by atoms with van der Waals surface area (Å²) in [5, 5.41) is 3.86. The molecule has 2 heteroatoms. The number of hydrogen-bond acceptors (Lipinski definition) is 2. The SMILES string of the molecule is CC1CCC(CNC2CC2)(CN2CCCC(C)C2)CC1. The lowest BCUT2D eigenvalue weighted by Gasteiger charge is -2.45. The van der Waals surface area contributed by atoms with E-state index in [1.807, 2.05) is 0 Å². The summed E-state index contributed by atoms with van der Waals surface area (Å²) in [6.45, 7) is 10.2. The van der Waals surface area contributed by atoms with E-state index in [9.17, 15) is 0 Å². The minimum atomic E-state index is 0.589. The summed E-state index contributed by atoms with van der Waals surface area (Å²) in [6.07, 6.45) is 11.5. The van der Waals surface area contributed by atoms with Crippen LogP contribution in [0.3, 0.4) is 0 Å². The molecule has 3 rings (SSSR count). The molecule has 0 aromatic rings. The molecule has 0 spiro atoms. The van der Waals surface area contributed by atoms with E-state index in [1.165, 1.54) is 77.5 Å². The molecule has 116 valence electrons. The fourth-order valence-electron chi connectivity index (χ4n) is 4.32. The Kier molecular flexibility index (Phi) is 4.72. The van der Waals surface area contributed by atoms with Crippen molar-refractivity contribution in [3.05, 3.63) is 0 Å². The Morgan fingerprint density at radius 2 is 1.75 bits per heavy atom. The van der Waals surface area contributed by atoms with Gasteiger partial charge in [-0.2, -0.15) is 0 Å². The summed E-state index contributed by atoms with van der Waals surface area (Å²) in [5.41, 5.74) is 0.589. The number of rotatable bonds is 5. The first-order chi connectivity index (χ1) is 9.65. The van der Waals surface area contributed by atoms with Gasteiger partial charge in [0.15, 0.2) is 0 Å². The van der Waals surface area contributed by atoms with Gasteiger partial charge in [-0.05, 0) is 62.3 Å². The average molecular weight is 278 g/mol. The van der Waals surface area contributed by atoms with Crippen LogP contribution in [0, 0.1) is 17.3 Å². The van der Waals surface area contributed by atoms with Crippen LogP contribution in [0.25, 0.3) is 0 Å². The predicted molar refractivity (Wildman–Crippen MR) is 85.9 cm³/mol. The second-order valence-electron chi connectivity index (χ2n) is 8.32. The molecule has 0 aromatic carbocycles. The summed E-state index contributed by atoms with van der Waals surface area (Å²) in [4.78, 5) is 2.79. The van der Waals surface area contributed by atoms with Crippen molar-refractivity contribution in [1.82, 2.24) is 10.2 Å². The molecule has 2 saturated carbocycles. The maximum atomic E-state index is 3.86. The van der Waals surface area contributed by atoms with E-state index in [0.717, 1.165) is 17.9 Å². The molecule has 3 fully saturated rings. The Labute approximate surface area is 125 Å². The van der Waals surface area contributed by atoms with Crippen LogP contribution >= 0.6 is 0 Å². The first-order valence-electron chi connectivity index (χ1n) is 9.11. The van der Waals surface area contributed by atoms with Crippen LogP contribution < -0.4 is 5.32 Å². The summed E-state index contributed by atoms with van der Waals surface area (Å²) in [6, 6.07) is 0.867. The lowest BCUT2D eigenvalue weighted by atomic mass is 9.70. The number of hydrogen-bond donors (Lipinski definition) is 1. The number of likely N-dealkylation sites (tertiary alicyclic amines) is 1. The lowest BCUT2D eigenvalue weighted by molar-refractivity contribution is 0.0641. The smallest absolute Gasteiger partial charge is 0.00684 e. The molecule has 2 nitrogen and oxygen atoms in total. The van der Waals surface area contributed by atoms with E-state index in [2.05, 4.69) is 24.1 Å². The van der Waals surface area contributed by atoms with Crippen molar-refractivity contribution < 1.29 is 0 Å². The molecule has 1 unspecified atom stereocenters. The summed E-state index contributed by atoms with van der Waals surface area (Å²) in [7, 11) is 0. The molecule has 3 aliphatic rings. The Morgan fingerprint density at radius 1 is 1.00 bits per heavy atom. The number of nitrogens with zero attached hydrogens (tertiary/aromatic N) is 1. The Balaban J connectivity index is 1.58. The molecule has 0 radical (unpaired) electrons. The summed E-state index contributed by atoms with van der Waals surface area (Å²) in [5.74, 6) is 1.88. The zero-order valence-corrected chi connectivity index (χ0v) is 13.7. The third-order valence-corrected chi connectivity index (χ3v) is 5.98. The van der Waals surface area contributed by atoms with Crippen molar-refractivity contribution in [2.24, 2.45) is 17.3 Å². The fraction of sp³-hybridized carbons (Fsp3) is 1.00. The molecule has 0 aromatic heterocycles. The fourth-order valence-corrected chi connectivity index (χ4v) is 4.32. The molecular weight excluding hydrogens is 244 g/mol. The minimum absolute atomic E-state index is 0.589. The monoisotopic (exact) mass is 278 g/mol. The van der Waals surface area contributed by atoms with E-state index in [0.29, 0.717) is 5.41 Å². The molecule has 1 saturated heterocycles. The quantitative estimate of drug-likeness (QED) is 0.825. The molecular formula is C18H34N2. The van der Waals surface area contributed by atoms with Crippen LogP contribution in [0.5, 0.6) is 0 Å². The van der Waals surface area contributed by atoms with Crippen LogP contribution in [-0.2, 0) is 0 Å². The molecule has 1 aliphatic heterocycles. The third kappa shape index (κ3) is 3.98. The van der Waals surface area contributed by atoms with Crippen LogP contribution in [0.15, 0.2) is 0 Å². The molecule has 1 N–H and O–H groups in total. The highest BCUT2D eigenvalue weighted by molar-refractivity contribution is 4.93. The van der Waals surface area contributed by atoms with Gasteiger partial charge < -0.3 is 10.2 Å². The van der Waals surface area contributed by atoms with Crippen molar-refractivity contribution in [2.75, 3.05) is 26.2 Å². The van der Waals surface area contributed by atoms with Crippen molar-refractivity contribution in [2.45, 2.75) is 71.3 Å². The first kappa shape index (κ1) is 14.8. The molecule has 1 atom stereocenters. The Bertz CT molecular complexity index is 303. The van der Waals surface area contributed by atoms with E-state index in [4.69, 9.17) is 0 Å². The Hall–Kier alpha value is -0.0800. The second kappa shape index (κ2) is 6.36. The molecule has 20 heavy (non-hydrogen) atoms. The molecule has 0 amide bonds. The first-order valence-corrected chi connectivity index (χ1v) is 9.11. The van der Waals surface area contributed by atoms with E-state index >= 15 is 0 Å². The van der Waals surface area contributed by atoms with Gasteiger partial charge in [0.1, 0.15) is 0 Å². The van der Waals surface area contributed by atoms with Crippen molar-refractivity contribution in [3.8, 4) is 0 Å². The highest BCUT2D eigenvalue weighted by atomic mass is 15.1. The molecule has 2 aliphatic carbocycles. The molecule has 0 bridgehead atoms. The highest BCUT2D eigenvalue weighted by Crippen LogP contribution is 2.40. The van der Waals surface area contributed by atoms with Gasteiger partial charge in [0.2, 0.25) is 0 Å². The van der Waals surface area contributed by atoms with E-state index in [-0.39, 0.29) is 0 Å². The summed E-state index contributed by atoms with van der Waals surface area (Å²) < 4.78 is 0. The predicted octanol–water partition coefficient (Wildman–Crippen LogP) is 3.67. The zero-order valence-electron chi connectivity index (χ0n) is 13.7. The second-order valence-corrected chi connectivity index (χ2v) is 8.32. The van der Waals surface area contributed by atoms with Gasteiger partial charge in [-0.1, -0.05) is 26.7 Å². The number of piperidine rings is 1.